The highest BCUT2D eigenvalue weighted by Crippen LogP contribution is 2.16. The maximum Gasteiger partial charge on any atom is 0.119 e. The van der Waals surface area contributed by atoms with Crippen LogP contribution in [0.25, 0.3) is 0 Å². The van der Waals surface area contributed by atoms with Crippen molar-refractivity contribution < 1.29 is 4.74 Å². The van der Waals surface area contributed by atoms with E-state index in [0.29, 0.717) is 0 Å². The van der Waals surface area contributed by atoms with Crippen molar-refractivity contribution in [3.8, 4) is 5.75 Å². The van der Waals surface area contributed by atoms with E-state index >= 15 is 0 Å². The number of hydrogen-bond acceptors (Lipinski definition) is 2. The Morgan fingerprint density at radius 2 is 1.71 bits per heavy atom. The second-order valence-corrected chi connectivity index (χ2v) is 4.59. The molecule has 0 fully saturated rings. The van der Waals surface area contributed by atoms with Gasteiger partial charge in [-0.3, -0.25) is 0 Å². The van der Waals surface area contributed by atoms with Crippen LogP contribution in [0.1, 0.15) is 37.3 Å². The number of nitrogens with one attached hydrogen (secondary N) is 1. The van der Waals surface area contributed by atoms with E-state index in [1.165, 1.54) is 24.0 Å². The van der Waals surface area contributed by atoms with Gasteiger partial charge >= 0.3 is 0 Å². The molecule has 1 aromatic carbocycles. The minimum atomic E-state index is 0.828. The van der Waals surface area contributed by atoms with E-state index in [0.717, 1.165) is 31.9 Å². The van der Waals surface area contributed by atoms with E-state index < -0.39 is 0 Å². The fourth-order valence-electron chi connectivity index (χ4n) is 1.91. The summed E-state index contributed by atoms with van der Waals surface area (Å²) in [5.41, 5.74) is 2.54. The van der Waals surface area contributed by atoms with E-state index in [4.69, 9.17) is 4.74 Å². The van der Waals surface area contributed by atoms with Crippen LogP contribution in [-0.2, 0) is 0 Å². The zero-order chi connectivity index (χ0) is 12.5. The lowest BCUT2D eigenvalue weighted by Crippen LogP contribution is -2.14. The maximum atomic E-state index is 5.75. The molecule has 1 rings (SSSR count). The summed E-state index contributed by atoms with van der Waals surface area (Å²) in [6.45, 7) is 9.38. The van der Waals surface area contributed by atoms with Gasteiger partial charge in [0.2, 0.25) is 0 Å². The van der Waals surface area contributed by atoms with Gasteiger partial charge in [-0.2, -0.15) is 0 Å². The fraction of sp³-hybridized carbons (Fsp3) is 0.600. The molecule has 0 aliphatic carbocycles. The van der Waals surface area contributed by atoms with E-state index in [1.807, 2.05) is 0 Å². The van der Waals surface area contributed by atoms with E-state index in [-0.39, 0.29) is 0 Å². The minimum absolute atomic E-state index is 0.828. The lowest BCUT2D eigenvalue weighted by molar-refractivity contribution is 0.304. The normalized spacial score (nSPS) is 10.5. The molecule has 0 bridgehead atoms. The molecule has 0 aliphatic rings. The first-order chi connectivity index (χ1) is 8.22. The average Bonchev–Trinajstić information content (AvgIpc) is 2.26. The van der Waals surface area contributed by atoms with Crippen LogP contribution in [0.15, 0.2) is 18.2 Å². The quantitative estimate of drug-likeness (QED) is 0.697. The van der Waals surface area contributed by atoms with Gasteiger partial charge < -0.3 is 10.1 Å². The smallest absolute Gasteiger partial charge is 0.119 e. The van der Waals surface area contributed by atoms with Crippen molar-refractivity contribution in [1.29, 1.82) is 0 Å². The molecule has 2 nitrogen and oxygen atoms in total. The summed E-state index contributed by atoms with van der Waals surface area (Å²) < 4.78 is 5.75. The highest BCUT2D eigenvalue weighted by atomic mass is 16.5. The molecule has 96 valence electrons. The molecule has 0 aromatic heterocycles. The van der Waals surface area contributed by atoms with Crippen molar-refractivity contribution in [3.05, 3.63) is 29.3 Å². The lowest BCUT2D eigenvalue weighted by atomic mass is 10.1. The Labute approximate surface area is 105 Å². The van der Waals surface area contributed by atoms with Gasteiger partial charge in [0.05, 0.1) is 6.61 Å². The zero-order valence-corrected chi connectivity index (χ0v) is 11.4. The monoisotopic (exact) mass is 235 g/mol. The summed E-state index contributed by atoms with van der Waals surface area (Å²) in [5, 5.41) is 3.33. The van der Waals surface area contributed by atoms with Crippen LogP contribution in [-0.4, -0.2) is 19.7 Å². The predicted molar refractivity (Wildman–Crippen MR) is 73.8 cm³/mol. The predicted octanol–water partition coefficient (Wildman–Crippen LogP) is 3.46. The number of unbranched alkanes of at least 4 members (excludes halogenated alkanes) is 2. The number of hydrogen-bond donors (Lipinski definition) is 1. The molecule has 0 atom stereocenters. The summed E-state index contributed by atoms with van der Waals surface area (Å²) in [7, 11) is 0. The summed E-state index contributed by atoms with van der Waals surface area (Å²) in [4.78, 5) is 0. The van der Waals surface area contributed by atoms with Gasteiger partial charge in [-0.15, -0.1) is 0 Å². The van der Waals surface area contributed by atoms with Gasteiger partial charge in [-0.05, 0) is 69.5 Å². The van der Waals surface area contributed by atoms with E-state index in [2.05, 4.69) is 44.3 Å². The standard InChI is InChI=1S/C15H25NO/c1-4-16-8-6-5-7-9-17-15-11-13(2)10-14(3)12-15/h10-12,16H,4-9H2,1-3H3. The summed E-state index contributed by atoms with van der Waals surface area (Å²) >= 11 is 0. The number of benzene rings is 1. The summed E-state index contributed by atoms with van der Waals surface area (Å²) in [6, 6.07) is 6.38. The summed E-state index contributed by atoms with van der Waals surface area (Å²) in [5.74, 6) is 1.01. The van der Waals surface area contributed by atoms with Gasteiger partial charge in [0.15, 0.2) is 0 Å². The number of ether oxygens (including phenoxy) is 1. The van der Waals surface area contributed by atoms with Gasteiger partial charge in [-0.25, -0.2) is 0 Å². The molecular formula is C15H25NO. The molecule has 0 saturated heterocycles. The Bertz CT molecular complexity index is 302. The fourth-order valence-corrected chi connectivity index (χ4v) is 1.91. The van der Waals surface area contributed by atoms with Crippen LogP contribution in [0.5, 0.6) is 5.75 Å². The first kappa shape index (κ1) is 14.0. The van der Waals surface area contributed by atoms with Crippen LogP contribution < -0.4 is 10.1 Å². The van der Waals surface area contributed by atoms with Crippen molar-refractivity contribution in [2.24, 2.45) is 0 Å². The van der Waals surface area contributed by atoms with Crippen LogP contribution in [0.4, 0.5) is 0 Å². The molecule has 1 N–H and O–H groups in total. The van der Waals surface area contributed by atoms with Crippen molar-refractivity contribution in [3.63, 3.8) is 0 Å². The lowest BCUT2D eigenvalue weighted by Gasteiger charge is -2.08. The highest BCUT2D eigenvalue weighted by Gasteiger charge is 1.96. The largest absolute Gasteiger partial charge is 0.494 e. The van der Waals surface area contributed by atoms with Gasteiger partial charge in [-0.1, -0.05) is 13.0 Å². The molecular weight excluding hydrogens is 210 g/mol. The van der Waals surface area contributed by atoms with Crippen LogP contribution >= 0.6 is 0 Å². The minimum Gasteiger partial charge on any atom is -0.494 e. The molecule has 1 aromatic rings. The molecule has 0 radical (unpaired) electrons. The first-order valence-corrected chi connectivity index (χ1v) is 6.64. The molecule has 0 aliphatic heterocycles. The Kier molecular flexibility index (Phi) is 6.71. The number of aryl methyl sites for hydroxylation is 2. The molecule has 0 heterocycles. The maximum absolute atomic E-state index is 5.75. The Morgan fingerprint density at radius 1 is 1.00 bits per heavy atom. The zero-order valence-electron chi connectivity index (χ0n) is 11.4. The molecule has 0 spiro atoms. The van der Waals surface area contributed by atoms with Gasteiger partial charge in [0.1, 0.15) is 5.75 Å². The van der Waals surface area contributed by atoms with Crippen molar-refractivity contribution in [1.82, 2.24) is 5.32 Å². The van der Waals surface area contributed by atoms with Crippen molar-refractivity contribution in [2.75, 3.05) is 19.7 Å². The Balaban J connectivity index is 2.13. The van der Waals surface area contributed by atoms with Crippen molar-refractivity contribution in [2.45, 2.75) is 40.0 Å². The van der Waals surface area contributed by atoms with Crippen molar-refractivity contribution >= 4 is 0 Å². The molecule has 0 unspecified atom stereocenters. The Hall–Kier alpha value is -1.02. The van der Waals surface area contributed by atoms with Crippen LogP contribution in [0.2, 0.25) is 0 Å². The van der Waals surface area contributed by atoms with E-state index in [1.54, 1.807) is 0 Å². The summed E-state index contributed by atoms with van der Waals surface area (Å²) in [6.07, 6.45) is 3.61. The third kappa shape index (κ3) is 6.32. The Morgan fingerprint density at radius 3 is 2.35 bits per heavy atom. The van der Waals surface area contributed by atoms with Gasteiger partial charge in [0.25, 0.3) is 0 Å². The first-order valence-electron chi connectivity index (χ1n) is 6.64. The third-order valence-electron chi connectivity index (χ3n) is 2.71. The molecule has 0 amide bonds. The molecule has 17 heavy (non-hydrogen) atoms. The average molecular weight is 235 g/mol. The second kappa shape index (κ2) is 8.13. The molecule has 0 saturated carbocycles. The molecule has 2 heteroatoms. The second-order valence-electron chi connectivity index (χ2n) is 4.59. The van der Waals surface area contributed by atoms with Crippen LogP contribution in [0, 0.1) is 13.8 Å². The third-order valence-corrected chi connectivity index (χ3v) is 2.71. The number of rotatable bonds is 8. The highest BCUT2D eigenvalue weighted by molar-refractivity contribution is 5.32. The SMILES string of the molecule is CCNCCCCCOc1cc(C)cc(C)c1. The van der Waals surface area contributed by atoms with Crippen LogP contribution in [0.3, 0.4) is 0 Å². The van der Waals surface area contributed by atoms with Gasteiger partial charge in [0, 0.05) is 0 Å². The topological polar surface area (TPSA) is 21.3 Å². The van der Waals surface area contributed by atoms with E-state index in [9.17, 15) is 0 Å².